The summed E-state index contributed by atoms with van der Waals surface area (Å²) in [7, 11) is 1.62. The van der Waals surface area contributed by atoms with Gasteiger partial charge in [-0.1, -0.05) is 0 Å². The molecule has 4 nitrogen and oxygen atoms in total. The highest BCUT2D eigenvalue weighted by atomic mass is 16.5. The number of carbonyl (C=O) groups is 1. The van der Waals surface area contributed by atoms with E-state index < -0.39 is 5.97 Å². The van der Waals surface area contributed by atoms with E-state index in [1.54, 1.807) is 13.2 Å². The van der Waals surface area contributed by atoms with Crippen molar-refractivity contribution in [1.29, 1.82) is 0 Å². The molecule has 0 aliphatic rings. The zero-order chi connectivity index (χ0) is 12.6. The molecule has 2 aromatic rings. The van der Waals surface area contributed by atoms with Crippen molar-refractivity contribution in [3.8, 4) is 0 Å². The van der Waals surface area contributed by atoms with E-state index in [1.165, 1.54) is 0 Å². The van der Waals surface area contributed by atoms with Crippen molar-refractivity contribution in [3.05, 3.63) is 41.2 Å². The summed E-state index contributed by atoms with van der Waals surface area (Å²) in [5.41, 5.74) is 2.82. The van der Waals surface area contributed by atoms with Gasteiger partial charge in [-0.3, -0.25) is 0 Å². The maximum absolute atomic E-state index is 11.2. The highest BCUT2D eigenvalue weighted by Crippen LogP contribution is 2.25. The Morgan fingerprint density at radius 1 is 1.53 bits per heavy atom. The number of hydrogen-bond acceptors (Lipinski definition) is 2. The molecule has 0 aliphatic heterocycles. The summed E-state index contributed by atoms with van der Waals surface area (Å²) >= 11 is 0. The molecule has 0 saturated heterocycles. The second-order valence-corrected chi connectivity index (χ2v) is 4.05. The number of carboxylic acids is 1. The van der Waals surface area contributed by atoms with E-state index in [-0.39, 0.29) is 6.10 Å². The molecule has 90 valence electrons. The summed E-state index contributed by atoms with van der Waals surface area (Å²) in [6, 6.07) is 5.47. The number of ether oxygens (including phenoxy) is 1. The zero-order valence-electron chi connectivity index (χ0n) is 10.1. The lowest BCUT2D eigenvalue weighted by Gasteiger charge is -2.17. The van der Waals surface area contributed by atoms with E-state index in [0.29, 0.717) is 5.56 Å². The predicted octanol–water partition coefficient (Wildman–Crippen LogP) is 2.65. The number of pyridine rings is 1. The lowest BCUT2D eigenvalue weighted by molar-refractivity contribution is 0.0695. The lowest BCUT2D eigenvalue weighted by Crippen LogP contribution is -2.11. The van der Waals surface area contributed by atoms with Gasteiger partial charge in [0.25, 0.3) is 0 Å². The molecule has 1 unspecified atom stereocenters. The van der Waals surface area contributed by atoms with Crippen molar-refractivity contribution < 1.29 is 14.6 Å². The first-order chi connectivity index (χ1) is 8.06. The zero-order valence-corrected chi connectivity index (χ0v) is 10.1. The van der Waals surface area contributed by atoms with Crippen LogP contribution in [0.2, 0.25) is 0 Å². The summed E-state index contributed by atoms with van der Waals surface area (Å²) < 4.78 is 7.28. The Bertz CT molecular complexity index is 571. The van der Waals surface area contributed by atoms with Crippen LogP contribution < -0.4 is 0 Å². The van der Waals surface area contributed by atoms with E-state index in [1.807, 2.05) is 36.6 Å². The Labute approximate surface area is 99.4 Å². The minimum Gasteiger partial charge on any atom is -0.478 e. The van der Waals surface area contributed by atoms with Crippen molar-refractivity contribution >= 4 is 11.5 Å². The second kappa shape index (κ2) is 4.22. The fourth-order valence-electron chi connectivity index (χ4n) is 2.14. The Hall–Kier alpha value is -1.81. The van der Waals surface area contributed by atoms with Crippen LogP contribution in [-0.2, 0) is 4.74 Å². The summed E-state index contributed by atoms with van der Waals surface area (Å²) in [5.74, 6) is -0.907. The van der Waals surface area contributed by atoms with Crippen LogP contribution >= 0.6 is 0 Å². The average Bonchev–Trinajstić information content (AvgIpc) is 2.74. The summed E-state index contributed by atoms with van der Waals surface area (Å²) in [4.78, 5) is 11.2. The van der Waals surface area contributed by atoms with E-state index in [0.717, 1.165) is 16.8 Å². The van der Waals surface area contributed by atoms with Crippen LogP contribution in [0.1, 0.15) is 34.6 Å². The van der Waals surface area contributed by atoms with Crippen LogP contribution in [0.3, 0.4) is 0 Å². The van der Waals surface area contributed by atoms with Gasteiger partial charge in [-0.25, -0.2) is 4.79 Å². The van der Waals surface area contributed by atoms with Gasteiger partial charge < -0.3 is 14.2 Å². The van der Waals surface area contributed by atoms with Crippen LogP contribution in [0.25, 0.3) is 5.52 Å². The molecule has 0 fully saturated rings. The summed E-state index contributed by atoms with van der Waals surface area (Å²) in [6.45, 7) is 3.72. The number of carboxylic acid groups (broad SMARTS) is 1. The Kier molecular flexibility index (Phi) is 2.90. The van der Waals surface area contributed by atoms with Crippen molar-refractivity contribution in [2.24, 2.45) is 0 Å². The molecular formula is C13H15NO3. The molecule has 2 heterocycles. The Morgan fingerprint density at radius 3 is 2.82 bits per heavy atom. The normalized spacial score (nSPS) is 12.9. The molecule has 0 spiro atoms. The first-order valence-electron chi connectivity index (χ1n) is 5.43. The number of nitrogens with zero attached hydrogens (tertiary/aromatic N) is 1. The highest BCUT2D eigenvalue weighted by molar-refractivity contribution is 5.91. The van der Waals surface area contributed by atoms with Crippen molar-refractivity contribution in [3.63, 3.8) is 0 Å². The molecule has 4 heteroatoms. The van der Waals surface area contributed by atoms with Gasteiger partial charge in [-0.05, 0) is 37.6 Å². The maximum Gasteiger partial charge on any atom is 0.336 e. The van der Waals surface area contributed by atoms with Crippen LogP contribution in [0.4, 0.5) is 0 Å². The molecule has 2 rings (SSSR count). The molecule has 0 aliphatic carbocycles. The van der Waals surface area contributed by atoms with Crippen LogP contribution in [0, 0.1) is 6.92 Å². The minimum atomic E-state index is -0.907. The molecule has 0 bridgehead atoms. The molecular weight excluding hydrogens is 218 g/mol. The molecule has 2 aromatic heterocycles. The standard InChI is InChI=1S/C13H15NO3/c1-8-11(13(15)16)7-10-5-4-6-14(10)12(8)9(2)17-3/h4-7,9H,1-3H3,(H,15,16). The summed E-state index contributed by atoms with van der Waals surface area (Å²) in [5, 5.41) is 9.19. The predicted molar refractivity (Wildman–Crippen MR) is 64.5 cm³/mol. The van der Waals surface area contributed by atoms with Gasteiger partial charge in [0.05, 0.1) is 17.4 Å². The third-order valence-corrected chi connectivity index (χ3v) is 3.09. The largest absolute Gasteiger partial charge is 0.478 e. The van der Waals surface area contributed by atoms with E-state index in [2.05, 4.69) is 0 Å². The van der Waals surface area contributed by atoms with Crippen LogP contribution in [0.15, 0.2) is 24.4 Å². The number of methoxy groups -OCH3 is 1. The summed E-state index contributed by atoms with van der Waals surface area (Å²) in [6.07, 6.45) is 1.77. The number of fused-ring (bicyclic) bond motifs is 1. The van der Waals surface area contributed by atoms with Crippen molar-refractivity contribution in [2.75, 3.05) is 7.11 Å². The van der Waals surface area contributed by atoms with Gasteiger partial charge in [-0.15, -0.1) is 0 Å². The molecule has 0 amide bonds. The van der Waals surface area contributed by atoms with E-state index in [9.17, 15) is 9.90 Å². The maximum atomic E-state index is 11.2. The quantitative estimate of drug-likeness (QED) is 0.886. The lowest BCUT2D eigenvalue weighted by atomic mass is 10.0. The van der Waals surface area contributed by atoms with Gasteiger partial charge in [0.2, 0.25) is 0 Å². The molecule has 1 N–H and O–H groups in total. The highest BCUT2D eigenvalue weighted by Gasteiger charge is 2.18. The van der Waals surface area contributed by atoms with Gasteiger partial charge in [0.15, 0.2) is 0 Å². The molecule has 1 atom stereocenters. The minimum absolute atomic E-state index is 0.149. The number of hydrogen-bond donors (Lipinski definition) is 1. The Morgan fingerprint density at radius 2 is 2.24 bits per heavy atom. The first-order valence-corrected chi connectivity index (χ1v) is 5.43. The fraction of sp³-hybridized carbons (Fsp3) is 0.308. The van der Waals surface area contributed by atoms with Gasteiger partial charge in [0, 0.05) is 18.8 Å². The monoisotopic (exact) mass is 233 g/mol. The van der Waals surface area contributed by atoms with Crippen LogP contribution in [-0.4, -0.2) is 22.6 Å². The van der Waals surface area contributed by atoms with Gasteiger partial charge >= 0.3 is 5.97 Å². The third kappa shape index (κ3) is 1.80. The number of rotatable bonds is 3. The molecule has 17 heavy (non-hydrogen) atoms. The topological polar surface area (TPSA) is 50.9 Å². The van der Waals surface area contributed by atoms with E-state index >= 15 is 0 Å². The molecule has 0 saturated carbocycles. The number of aromatic carboxylic acids is 1. The van der Waals surface area contributed by atoms with Gasteiger partial charge in [0.1, 0.15) is 0 Å². The smallest absolute Gasteiger partial charge is 0.336 e. The SMILES string of the molecule is COC(C)c1c(C)c(C(=O)O)cc2cccn12. The molecule has 0 radical (unpaired) electrons. The average molecular weight is 233 g/mol. The van der Waals surface area contributed by atoms with Crippen LogP contribution in [0.5, 0.6) is 0 Å². The Balaban J connectivity index is 2.81. The fourth-order valence-corrected chi connectivity index (χ4v) is 2.14. The third-order valence-electron chi connectivity index (χ3n) is 3.09. The van der Waals surface area contributed by atoms with E-state index in [4.69, 9.17) is 4.74 Å². The van der Waals surface area contributed by atoms with Gasteiger partial charge in [-0.2, -0.15) is 0 Å². The number of aromatic nitrogens is 1. The van der Waals surface area contributed by atoms with Crippen molar-refractivity contribution in [1.82, 2.24) is 4.40 Å². The first kappa shape index (κ1) is 11.7. The molecule has 0 aromatic carbocycles. The van der Waals surface area contributed by atoms with Crippen molar-refractivity contribution in [2.45, 2.75) is 20.0 Å². The second-order valence-electron chi connectivity index (χ2n) is 4.05.